The molecule has 7 nitrogen and oxygen atoms in total. The zero-order valence-electron chi connectivity index (χ0n) is 14.6. The second kappa shape index (κ2) is 8.15. The summed E-state index contributed by atoms with van der Waals surface area (Å²) in [5, 5.41) is 6.57. The van der Waals surface area contributed by atoms with E-state index in [4.69, 9.17) is 14.0 Å². The molecule has 0 aliphatic carbocycles. The standard InChI is InChI=1S/C19H19N3O4/c1-13-5-3-4-6-16(13)25-12-18(23)20-11-17-21-19(26-22-17)14-7-9-15(24-2)10-8-14/h3-10H,11-12H2,1-2H3,(H,20,23). The van der Waals surface area contributed by atoms with E-state index in [0.717, 1.165) is 16.9 Å². The number of rotatable bonds is 7. The van der Waals surface area contributed by atoms with Gasteiger partial charge in [-0.05, 0) is 42.8 Å². The quantitative estimate of drug-likeness (QED) is 0.703. The molecule has 26 heavy (non-hydrogen) atoms. The Morgan fingerprint density at radius 2 is 1.92 bits per heavy atom. The molecule has 1 heterocycles. The van der Waals surface area contributed by atoms with Gasteiger partial charge in [0.2, 0.25) is 0 Å². The van der Waals surface area contributed by atoms with E-state index in [9.17, 15) is 4.79 Å². The summed E-state index contributed by atoms with van der Waals surface area (Å²) < 4.78 is 15.8. The number of aromatic nitrogens is 2. The fourth-order valence-corrected chi connectivity index (χ4v) is 2.27. The van der Waals surface area contributed by atoms with Crippen molar-refractivity contribution in [3.05, 3.63) is 59.9 Å². The first-order valence-electron chi connectivity index (χ1n) is 8.08. The topological polar surface area (TPSA) is 86.5 Å². The van der Waals surface area contributed by atoms with Gasteiger partial charge in [0.25, 0.3) is 11.8 Å². The molecule has 3 aromatic rings. The molecule has 1 amide bonds. The van der Waals surface area contributed by atoms with Crippen molar-refractivity contribution in [2.45, 2.75) is 13.5 Å². The van der Waals surface area contributed by atoms with Crippen molar-refractivity contribution in [1.82, 2.24) is 15.5 Å². The molecule has 2 aromatic carbocycles. The van der Waals surface area contributed by atoms with E-state index < -0.39 is 0 Å². The highest BCUT2D eigenvalue weighted by Gasteiger charge is 2.11. The summed E-state index contributed by atoms with van der Waals surface area (Å²) in [5.41, 5.74) is 1.75. The largest absolute Gasteiger partial charge is 0.497 e. The first-order chi connectivity index (χ1) is 12.7. The van der Waals surface area contributed by atoms with Gasteiger partial charge in [-0.3, -0.25) is 4.79 Å². The monoisotopic (exact) mass is 353 g/mol. The molecule has 1 aromatic heterocycles. The molecule has 134 valence electrons. The van der Waals surface area contributed by atoms with Crippen LogP contribution in [0.2, 0.25) is 0 Å². The zero-order valence-corrected chi connectivity index (χ0v) is 14.6. The number of hydrogen-bond acceptors (Lipinski definition) is 6. The number of aryl methyl sites for hydroxylation is 1. The van der Waals surface area contributed by atoms with Crippen molar-refractivity contribution >= 4 is 5.91 Å². The van der Waals surface area contributed by atoms with E-state index in [1.165, 1.54) is 0 Å². The molecule has 0 spiro atoms. The molecule has 0 fully saturated rings. The van der Waals surface area contributed by atoms with Crippen LogP contribution in [0.1, 0.15) is 11.4 Å². The Morgan fingerprint density at radius 1 is 1.15 bits per heavy atom. The Hall–Kier alpha value is -3.35. The van der Waals surface area contributed by atoms with Crippen LogP contribution >= 0.6 is 0 Å². The first kappa shape index (κ1) is 17.5. The van der Waals surface area contributed by atoms with E-state index in [1.54, 1.807) is 7.11 Å². The van der Waals surface area contributed by atoms with Gasteiger partial charge in [-0.2, -0.15) is 4.98 Å². The van der Waals surface area contributed by atoms with Crippen LogP contribution in [0.25, 0.3) is 11.5 Å². The molecule has 1 N–H and O–H groups in total. The molecular formula is C19H19N3O4. The summed E-state index contributed by atoms with van der Waals surface area (Å²) in [6.07, 6.45) is 0. The average Bonchev–Trinajstić information content (AvgIpc) is 3.15. The Balaban J connectivity index is 1.51. The number of nitrogens with zero attached hydrogens (tertiary/aromatic N) is 2. The first-order valence-corrected chi connectivity index (χ1v) is 8.08. The van der Waals surface area contributed by atoms with Crippen molar-refractivity contribution in [1.29, 1.82) is 0 Å². The molecule has 7 heteroatoms. The second-order valence-electron chi connectivity index (χ2n) is 5.58. The smallest absolute Gasteiger partial charge is 0.258 e. The Kier molecular flexibility index (Phi) is 5.48. The normalized spacial score (nSPS) is 10.4. The van der Waals surface area contributed by atoms with Crippen LogP contribution in [0.5, 0.6) is 11.5 Å². The summed E-state index contributed by atoms with van der Waals surface area (Å²) in [7, 11) is 1.60. The maximum Gasteiger partial charge on any atom is 0.258 e. The molecule has 0 unspecified atom stereocenters. The maximum atomic E-state index is 11.9. The SMILES string of the molecule is COc1ccc(-c2nc(CNC(=O)COc3ccccc3C)no2)cc1. The molecule has 0 aliphatic rings. The summed E-state index contributed by atoms with van der Waals surface area (Å²) in [6, 6.07) is 14.8. The van der Waals surface area contributed by atoms with E-state index in [2.05, 4.69) is 15.5 Å². The van der Waals surface area contributed by atoms with Gasteiger partial charge < -0.3 is 19.3 Å². The highest BCUT2D eigenvalue weighted by molar-refractivity contribution is 5.77. The minimum absolute atomic E-state index is 0.0754. The molecule has 0 radical (unpaired) electrons. The van der Waals surface area contributed by atoms with Crippen molar-refractivity contribution in [2.24, 2.45) is 0 Å². The number of nitrogens with one attached hydrogen (secondary N) is 1. The summed E-state index contributed by atoms with van der Waals surface area (Å²) in [4.78, 5) is 16.2. The Labute approximate surface area is 150 Å². The number of amides is 1. The maximum absolute atomic E-state index is 11.9. The van der Waals surface area contributed by atoms with Crippen LogP contribution in [0.15, 0.2) is 53.1 Å². The van der Waals surface area contributed by atoms with Crippen LogP contribution < -0.4 is 14.8 Å². The van der Waals surface area contributed by atoms with Gasteiger partial charge in [-0.15, -0.1) is 0 Å². The third-order valence-electron chi connectivity index (χ3n) is 3.70. The molecule has 0 saturated heterocycles. The predicted octanol–water partition coefficient (Wildman–Crippen LogP) is 2.75. The van der Waals surface area contributed by atoms with E-state index in [-0.39, 0.29) is 19.1 Å². The van der Waals surface area contributed by atoms with Crippen LogP contribution in [-0.4, -0.2) is 29.8 Å². The highest BCUT2D eigenvalue weighted by atomic mass is 16.5. The summed E-state index contributed by atoms with van der Waals surface area (Å²) in [5.74, 6) is 1.94. The molecule has 0 saturated carbocycles. The van der Waals surface area contributed by atoms with Crippen LogP contribution in [0.3, 0.4) is 0 Å². The number of para-hydroxylation sites is 1. The minimum atomic E-state index is -0.260. The summed E-state index contributed by atoms with van der Waals surface area (Å²) >= 11 is 0. The third kappa shape index (κ3) is 4.38. The van der Waals surface area contributed by atoms with Crippen molar-refractivity contribution in [3.8, 4) is 23.0 Å². The summed E-state index contributed by atoms with van der Waals surface area (Å²) in [6.45, 7) is 2.01. The van der Waals surface area contributed by atoms with Gasteiger partial charge in [0, 0.05) is 5.56 Å². The van der Waals surface area contributed by atoms with Gasteiger partial charge >= 0.3 is 0 Å². The fraction of sp³-hybridized carbons (Fsp3) is 0.211. The molecule has 3 rings (SSSR count). The minimum Gasteiger partial charge on any atom is -0.497 e. The highest BCUT2D eigenvalue weighted by Crippen LogP contribution is 2.20. The van der Waals surface area contributed by atoms with Crippen molar-refractivity contribution < 1.29 is 18.8 Å². The molecule has 0 bridgehead atoms. The second-order valence-corrected chi connectivity index (χ2v) is 5.58. The van der Waals surface area contributed by atoms with Crippen LogP contribution in [-0.2, 0) is 11.3 Å². The Bertz CT molecular complexity index is 875. The number of ether oxygens (including phenoxy) is 2. The van der Waals surface area contributed by atoms with Gasteiger partial charge in [0.05, 0.1) is 13.7 Å². The lowest BCUT2D eigenvalue weighted by Crippen LogP contribution is -2.28. The van der Waals surface area contributed by atoms with Crippen molar-refractivity contribution in [3.63, 3.8) is 0 Å². The number of carbonyl (C=O) groups is 1. The van der Waals surface area contributed by atoms with Gasteiger partial charge in [-0.1, -0.05) is 23.4 Å². The molecule has 0 atom stereocenters. The number of carbonyl (C=O) groups excluding carboxylic acids is 1. The molecular weight excluding hydrogens is 334 g/mol. The average molecular weight is 353 g/mol. The lowest BCUT2D eigenvalue weighted by Gasteiger charge is -2.08. The van der Waals surface area contributed by atoms with E-state index >= 15 is 0 Å². The zero-order chi connectivity index (χ0) is 18.4. The van der Waals surface area contributed by atoms with Gasteiger partial charge in [-0.25, -0.2) is 0 Å². The lowest BCUT2D eigenvalue weighted by molar-refractivity contribution is -0.123. The third-order valence-corrected chi connectivity index (χ3v) is 3.70. The van der Waals surface area contributed by atoms with Gasteiger partial charge in [0.1, 0.15) is 11.5 Å². The lowest BCUT2D eigenvalue weighted by atomic mass is 10.2. The van der Waals surface area contributed by atoms with E-state index in [0.29, 0.717) is 17.5 Å². The number of hydrogen-bond donors (Lipinski definition) is 1. The van der Waals surface area contributed by atoms with Crippen LogP contribution in [0.4, 0.5) is 0 Å². The fourth-order valence-electron chi connectivity index (χ4n) is 2.27. The van der Waals surface area contributed by atoms with E-state index in [1.807, 2.05) is 55.5 Å². The number of methoxy groups -OCH3 is 1. The Morgan fingerprint density at radius 3 is 2.65 bits per heavy atom. The van der Waals surface area contributed by atoms with Crippen LogP contribution in [0, 0.1) is 6.92 Å². The molecule has 0 aliphatic heterocycles. The van der Waals surface area contributed by atoms with Crippen molar-refractivity contribution in [2.75, 3.05) is 13.7 Å². The number of benzene rings is 2. The van der Waals surface area contributed by atoms with Gasteiger partial charge in [0.15, 0.2) is 12.4 Å². The predicted molar refractivity (Wildman–Crippen MR) is 94.8 cm³/mol.